The number of thioether (sulfide) groups is 1. The van der Waals surface area contributed by atoms with E-state index in [-0.39, 0.29) is 24.5 Å². The average molecular weight is 582 g/mol. The maximum atomic E-state index is 13.4. The van der Waals surface area contributed by atoms with E-state index in [1.165, 1.54) is 31.0 Å². The Labute approximate surface area is 260 Å². The van der Waals surface area contributed by atoms with Crippen molar-refractivity contribution in [3.8, 4) is 22.5 Å². The molecule has 3 aromatic carbocycles. The van der Waals surface area contributed by atoms with Gasteiger partial charge in [0.25, 0.3) is 11.6 Å². The topological polar surface area (TPSA) is 132 Å². The number of nitrogens with one attached hydrogen (secondary N) is 1. The number of carboxylic acid groups (broad SMARTS) is 1. The van der Waals surface area contributed by atoms with Crippen LogP contribution in [0.25, 0.3) is 22.5 Å². The smallest absolute Gasteiger partial charge is 0.480 e. The van der Waals surface area contributed by atoms with Crippen LogP contribution in [0.5, 0.6) is 0 Å². The number of nitro benzene ring substituents is 1. The summed E-state index contributed by atoms with van der Waals surface area (Å²) in [7, 11) is 1.54. The number of aryl methyl sites for hydroxylation is 1. The molecule has 2 N–H and O–H groups in total. The van der Waals surface area contributed by atoms with Crippen LogP contribution in [-0.4, -0.2) is 47.1 Å². The van der Waals surface area contributed by atoms with Crippen molar-refractivity contribution in [3.63, 3.8) is 0 Å². The Bertz CT molecular complexity index is 1570. The second-order valence-corrected chi connectivity index (χ2v) is 10.4. The van der Waals surface area contributed by atoms with Gasteiger partial charge < -0.3 is 19.6 Å². The molecule has 0 fully saturated rings. The number of methoxy groups -OCH3 is 1. The van der Waals surface area contributed by atoms with Gasteiger partial charge in [0.1, 0.15) is 23.7 Å². The van der Waals surface area contributed by atoms with Gasteiger partial charge in [0, 0.05) is 30.4 Å². The van der Waals surface area contributed by atoms with Crippen molar-refractivity contribution in [1.29, 1.82) is 0 Å². The molecule has 0 radical (unpaired) electrons. The fraction of sp³-hybridized carbons (Fsp3) is 0.226. The van der Waals surface area contributed by atoms with Crippen molar-refractivity contribution in [3.05, 3.63) is 111 Å². The SMILES string of the molecule is COC(c1ccc(C(=O)NC(CCSC)C(=O)O)c(-c2ccccc2C)c1)c1ccc(-c2cccc([N+](=O)[O-])c2)o1.[Li+]. The van der Waals surface area contributed by atoms with E-state index in [1.807, 2.05) is 43.5 Å². The van der Waals surface area contributed by atoms with Crippen LogP contribution >= 0.6 is 11.8 Å². The van der Waals surface area contributed by atoms with Gasteiger partial charge in [0.2, 0.25) is 0 Å². The second-order valence-electron chi connectivity index (χ2n) is 9.39. The number of hydrogen-bond donors (Lipinski definition) is 2. The number of carboxylic acids is 1. The molecule has 4 rings (SSSR count). The van der Waals surface area contributed by atoms with Crippen molar-refractivity contribution in [2.45, 2.75) is 25.5 Å². The number of furan rings is 1. The zero-order chi connectivity index (χ0) is 29.5. The number of benzene rings is 3. The van der Waals surface area contributed by atoms with Crippen LogP contribution in [0.3, 0.4) is 0 Å². The Hall–Kier alpha value is -3.81. The maximum absolute atomic E-state index is 13.4. The van der Waals surface area contributed by atoms with Crippen molar-refractivity contribution in [1.82, 2.24) is 5.32 Å². The third-order valence-corrected chi connectivity index (χ3v) is 7.35. The maximum Gasteiger partial charge on any atom is 1.00 e. The van der Waals surface area contributed by atoms with Crippen LogP contribution in [-0.2, 0) is 9.53 Å². The van der Waals surface area contributed by atoms with Gasteiger partial charge in [-0.3, -0.25) is 14.9 Å². The van der Waals surface area contributed by atoms with Gasteiger partial charge in [-0.2, -0.15) is 11.8 Å². The standard InChI is InChI=1S/C31H30N2O7S.Li/c1-19-7-4-5-10-23(19)25-18-21(11-12-24(25)30(34)32-26(31(35)36)15-16-41-3)29(39-2)28-14-13-27(40-28)20-8-6-9-22(17-20)33(37)38;/h4-14,17-18,26,29H,15-16H2,1-3H3,(H,32,34)(H,35,36);/q;+1. The minimum Gasteiger partial charge on any atom is -0.480 e. The van der Waals surface area contributed by atoms with E-state index < -0.39 is 28.9 Å². The molecule has 0 aliphatic heterocycles. The molecule has 0 saturated heterocycles. The van der Waals surface area contributed by atoms with Gasteiger partial charge in [0.15, 0.2) is 0 Å². The summed E-state index contributed by atoms with van der Waals surface area (Å²) in [5.74, 6) is -0.0463. The zero-order valence-electron chi connectivity index (χ0n) is 23.8. The minimum absolute atomic E-state index is 0. The van der Waals surface area contributed by atoms with E-state index in [1.54, 1.807) is 36.4 Å². The molecule has 11 heteroatoms. The number of carbonyl (C=O) groups excluding carboxylic acids is 1. The number of aliphatic carboxylic acids is 1. The summed E-state index contributed by atoms with van der Waals surface area (Å²) < 4.78 is 11.9. The third kappa shape index (κ3) is 7.52. The van der Waals surface area contributed by atoms with Crippen LogP contribution in [0.1, 0.15) is 39.8 Å². The first-order valence-electron chi connectivity index (χ1n) is 12.8. The molecular weight excluding hydrogens is 551 g/mol. The zero-order valence-corrected chi connectivity index (χ0v) is 24.6. The number of amides is 1. The Morgan fingerprint density at radius 1 is 1.05 bits per heavy atom. The fourth-order valence-electron chi connectivity index (χ4n) is 4.59. The number of non-ortho nitro benzene ring substituents is 1. The van der Waals surface area contributed by atoms with Gasteiger partial charge >= 0.3 is 24.8 Å². The van der Waals surface area contributed by atoms with Crippen molar-refractivity contribution in [2.75, 3.05) is 19.1 Å². The van der Waals surface area contributed by atoms with E-state index in [4.69, 9.17) is 9.15 Å². The molecule has 1 aromatic heterocycles. The first-order valence-corrected chi connectivity index (χ1v) is 14.2. The Morgan fingerprint density at radius 3 is 2.48 bits per heavy atom. The van der Waals surface area contributed by atoms with Gasteiger partial charge in [-0.1, -0.05) is 42.5 Å². The number of nitrogens with zero attached hydrogens (tertiary/aromatic N) is 1. The number of hydrogen-bond acceptors (Lipinski definition) is 7. The van der Waals surface area contributed by atoms with E-state index in [9.17, 15) is 24.8 Å². The predicted octanol–water partition coefficient (Wildman–Crippen LogP) is 3.51. The van der Waals surface area contributed by atoms with Crippen LogP contribution in [0.4, 0.5) is 5.69 Å². The number of ether oxygens (including phenoxy) is 1. The number of nitro groups is 1. The van der Waals surface area contributed by atoms with Crippen LogP contribution in [0.15, 0.2) is 83.3 Å². The first-order chi connectivity index (χ1) is 19.7. The van der Waals surface area contributed by atoms with Gasteiger partial charge in [-0.15, -0.1) is 0 Å². The first kappa shape index (κ1) is 32.7. The summed E-state index contributed by atoms with van der Waals surface area (Å²) >= 11 is 1.51. The van der Waals surface area contributed by atoms with Crippen LogP contribution in [0.2, 0.25) is 0 Å². The summed E-state index contributed by atoms with van der Waals surface area (Å²) in [6, 6.07) is 21.5. The molecule has 0 bridgehead atoms. The summed E-state index contributed by atoms with van der Waals surface area (Å²) in [6.07, 6.45) is 1.54. The minimum atomic E-state index is -1.08. The summed E-state index contributed by atoms with van der Waals surface area (Å²) in [5, 5.41) is 23.5. The van der Waals surface area contributed by atoms with Crippen molar-refractivity contribution >= 4 is 29.3 Å². The molecule has 212 valence electrons. The molecule has 0 aliphatic rings. The van der Waals surface area contributed by atoms with Gasteiger partial charge in [0.05, 0.1) is 4.92 Å². The largest absolute Gasteiger partial charge is 1.00 e. The number of carbonyl (C=O) groups is 2. The molecule has 2 unspecified atom stereocenters. The van der Waals surface area contributed by atoms with Crippen LogP contribution in [0, 0.1) is 17.0 Å². The molecule has 9 nitrogen and oxygen atoms in total. The monoisotopic (exact) mass is 581 g/mol. The Kier molecular flexibility index (Phi) is 11.6. The molecular formula is C31H30LiN2O7S+. The second kappa shape index (κ2) is 14.9. The molecule has 42 heavy (non-hydrogen) atoms. The third-order valence-electron chi connectivity index (χ3n) is 6.70. The molecule has 0 spiro atoms. The van der Waals surface area contributed by atoms with Crippen molar-refractivity contribution < 1.29 is 47.6 Å². The summed E-state index contributed by atoms with van der Waals surface area (Å²) in [5.41, 5.74) is 3.95. The normalized spacial score (nSPS) is 12.2. The number of rotatable bonds is 12. The Balaban J connectivity index is 0.00000484. The molecule has 1 amide bonds. The quantitative estimate of drug-likeness (QED) is 0.148. The summed E-state index contributed by atoms with van der Waals surface area (Å²) in [4.78, 5) is 35.9. The Morgan fingerprint density at radius 2 is 1.81 bits per heavy atom. The van der Waals surface area contributed by atoms with E-state index >= 15 is 0 Å². The summed E-state index contributed by atoms with van der Waals surface area (Å²) in [6.45, 7) is 1.94. The molecule has 2 atom stereocenters. The average Bonchev–Trinajstić information content (AvgIpc) is 3.45. The molecule has 0 saturated carbocycles. The van der Waals surface area contributed by atoms with Crippen LogP contribution < -0.4 is 24.2 Å². The van der Waals surface area contributed by atoms with E-state index in [0.29, 0.717) is 45.9 Å². The molecule has 0 aliphatic carbocycles. The molecule has 4 aromatic rings. The van der Waals surface area contributed by atoms with E-state index in [2.05, 4.69) is 5.32 Å². The fourth-order valence-corrected chi connectivity index (χ4v) is 5.06. The van der Waals surface area contributed by atoms with E-state index in [0.717, 1.165) is 11.1 Å². The molecule has 1 heterocycles. The van der Waals surface area contributed by atoms with Crippen molar-refractivity contribution in [2.24, 2.45) is 0 Å². The van der Waals surface area contributed by atoms with Gasteiger partial charge in [-0.25, -0.2) is 4.79 Å². The van der Waals surface area contributed by atoms with Gasteiger partial charge in [-0.05, 0) is 71.9 Å². The predicted molar refractivity (Wildman–Crippen MR) is 158 cm³/mol.